The second kappa shape index (κ2) is 5.80. The molecule has 0 unspecified atom stereocenters. The molecule has 0 saturated carbocycles. The maximum atomic E-state index is 11.9. The summed E-state index contributed by atoms with van der Waals surface area (Å²) in [4.78, 5) is 24.3. The molecule has 2 aromatic rings. The summed E-state index contributed by atoms with van der Waals surface area (Å²) in [6.45, 7) is 3.56. The van der Waals surface area contributed by atoms with E-state index in [0.717, 1.165) is 11.1 Å². The Morgan fingerprint density at radius 1 is 1.21 bits per heavy atom. The van der Waals surface area contributed by atoms with Crippen LogP contribution in [-0.2, 0) is 11.3 Å². The van der Waals surface area contributed by atoms with E-state index in [2.05, 4.69) is 0 Å². The van der Waals surface area contributed by atoms with Crippen molar-refractivity contribution in [1.29, 1.82) is 0 Å². The fourth-order valence-corrected chi connectivity index (χ4v) is 2.69. The van der Waals surface area contributed by atoms with Gasteiger partial charge in [-0.3, -0.25) is 4.79 Å². The molecule has 0 spiro atoms. The van der Waals surface area contributed by atoms with E-state index >= 15 is 0 Å². The van der Waals surface area contributed by atoms with Gasteiger partial charge in [-0.05, 0) is 31.0 Å². The summed E-state index contributed by atoms with van der Waals surface area (Å²) >= 11 is 1.19. The Morgan fingerprint density at radius 3 is 2.47 bits per heavy atom. The lowest BCUT2D eigenvalue weighted by Crippen LogP contribution is -2.02. The summed E-state index contributed by atoms with van der Waals surface area (Å²) in [5.74, 6) is -0.408. The molecule has 0 fully saturated rings. The van der Waals surface area contributed by atoms with Crippen LogP contribution in [0.2, 0.25) is 0 Å². The molecule has 3 nitrogen and oxygen atoms in total. The highest BCUT2D eigenvalue weighted by atomic mass is 32.1. The Kier molecular flexibility index (Phi) is 4.12. The third kappa shape index (κ3) is 3.29. The molecule has 98 valence electrons. The van der Waals surface area contributed by atoms with Crippen LogP contribution in [0.3, 0.4) is 0 Å². The first-order valence-corrected chi connectivity index (χ1v) is 6.72. The van der Waals surface area contributed by atoms with E-state index in [4.69, 9.17) is 4.74 Å². The summed E-state index contributed by atoms with van der Waals surface area (Å²) in [6, 6.07) is 11.2. The third-order valence-electron chi connectivity index (χ3n) is 2.65. The molecule has 0 radical (unpaired) electrons. The van der Waals surface area contributed by atoms with Gasteiger partial charge in [-0.15, -0.1) is 11.3 Å². The van der Waals surface area contributed by atoms with Crippen LogP contribution < -0.4 is 0 Å². The Hall–Kier alpha value is -1.94. The molecule has 0 atom stereocenters. The maximum absolute atomic E-state index is 11.9. The molecule has 0 aliphatic heterocycles. The molecule has 0 aliphatic carbocycles. The lowest BCUT2D eigenvalue weighted by atomic mass is 10.2. The van der Waals surface area contributed by atoms with E-state index in [0.29, 0.717) is 9.75 Å². The van der Waals surface area contributed by atoms with E-state index in [1.165, 1.54) is 18.3 Å². The standard InChI is InChI=1S/C15H14O3S/c1-10-8-13(19-14(10)11(2)16)15(17)18-9-12-6-4-3-5-7-12/h3-8H,9H2,1-2H3. The number of benzene rings is 1. The van der Waals surface area contributed by atoms with E-state index in [9.17, 15) is 9.59 Å². The molecule has 0 N–H and O–H groups in total. The quantitative estimate of drug-likeness (QED) is 0.632. The van der Waals surface area contributed by atoms with Crippen LogP contribution in [-0.4, -0.2) is 11.8 Å². The predicted octanol–water partition coefficient (Wildman–Crippen LogP) is 3.62. The Balaban J connectivity index is 2.04. The van der Waals surface area contributed by atoms with Gasteiger partial charge in [-0.2, -0.15) is 0 Å². The Bertz CT molecular complexity index is 599. The monoisotopic (exact) mass is 274 g/mol. The number of aryl methyl sites for hydroxylation is 1. The summed E-state index contributed by atoms with van der Waals surface area (Å²) < 4.78 is 5.22. The number of hydrogen-bond donors (Lipinski definition) is 0. The average Bonchev–Trinajstić information content (AvgIpc) is 2.79. The van der Waals surface area contributed by atoms with Crippen LogP contribution in [0.4, 0.5) is 0 Å². The molecule has 1 aromatic carbocycles. The topological polar surface area (TPSA) is 43.4 Å². The lowest BCUT2D eigenvalue weighted by molar-refractivity contribution is 0.0478. The number of Topliss-reactive ketones (excluding diaryl/α,β-unsaturated/α-hetero) is 1. The van der Waals surface area contributed by atoms with Gasteiger partial charge in [0.15, 0.2) is 5.78 Å². The van der Waals surface area contributed by atoms with Crippen molar-refractivity contribution in [2.24, 2.45) is 0 Å². The smallest absolute Gasteiger partial charge is 0.348 e. The molecule has 0 bridgehead atoms. The summed E-state index contributed by atoms with van der Waals surface area (Å²) in [5, 5.41) is 0. The van der Waals surface area contributed by atoms with E-state index in [-0.39, 0.29) is 18.4 Å². The lowest BCUT2D eigenvalue weighted by Gasteiger charge is -2.02. The number of carbonyl (C=O) groups excluding carboxylic acids is 2. The number of ketones is 1. The molecule has 2 rings (SSSR count). The second-order valence-corrected chi connectivity index (χ2v) is 5.29. The maximum Gasteiger partial charge on any atom is 0.348 e. The van der Waals surface area contributed by atoms with Gasteiger partial charge in [0.2, 0.25) is 0 Å². The van der Waals surface area contributed by atoms with Gasteiger partial charge in [0, 0.05) is 0 Å². The molecule has 1 aromatic heterocycles. The summed E-state index contributed by atoms with van der Waals surface area (Å²) in [6.07, 6.45) is 0. The first-order chi connectivity index (χ1) is 9.08. The van der Waals surface area contributed by atoms with Crippen molar-refractivity contribution in [3.63, 3.8) is 0 Å². The van der Waals surface area contributed by atoms with Gasteiger partial charge in [-0.1, -0.05) is 30.3 Å². The third-order valence-corrected chi connectivity index (χ3v) is 3.97. The van der Waals surface area contributed by atoms with E-state index in [1.807, 2.05) is 37.3 Å². The molecular weight excluding hydrogens is 260 g/mol. The van der Waals surface area contributed by atoms with Crippen LogP contribution in [0, 0.1) is 6.92 Å². The highest BCUT2D eigenvalue weighted by Gasteiger charge is 2.16. The zero-order valence-electron chi connectivity index (χ0n) is 10.8. The number of hydrogen-bond acceptors (Lipinski definition) is 4. The zero-order chi connectivity index (χ0) is 13.8. The van der Waals surface area contributed by atoms with Gasteiger partial charge in [0.25, 0.3) is 0 Å². The number of esters is 1. The average molecular weight is 274 g/mol. The Labute approximate surface area is 115 Å². The van der Waals surface area contributed by atoms with Crippen molar-refractivity contribution in [1.82, 2.24) is 0 Å². The van der Waals surface area contributed by atoms with Crippen LogP contribution in [0.15, 0.2) is 36.4 Å². The summed E-state index contributed by atoms with van der Waals surface area (Å²) in [5.41, 5.74) is 1.76. The van der Waals surface area contributed by atoms with Crippen molar-refractivity contribution in [2.75, 3.05) is 0 Å². The highest BCUT2D eigenvalue weighted by molar-refractivity contribution is 7.16. The highest BCUT2D eigenvalue weighted by Crippen LogP contribution is 2.23. The second-order valence-electron chi connectivity index (χ2n) is 4.24. The van der Waals surface area contributed by atoms with Crippen molar-refractivity contribution >= 4 is 23.1 Å². The van der Waals surface area contributed by atoms with Crippen LogP contribution >= 0.6 is 11.3 Å². The van der Waals surface area contributed by atoms with Gasteiger partial charge in [-0.25, -0.2) is 4.79 Å². The molecule has 0 saturated heterocycles. The number of ether oxygens (including phenoxy) is 1. The van der Waals surface area contributed by atoms with Gasteiger partial charge in [0.1, 0.15) is 11.5 Å². The molecule has 1 heterocycles. The van der Waals surface area contributed by atoms with Gasteiger partial charge < -0.3 is 4.74 Å². The van der Waals surface area contributed by atoms with Gasteiger partial charge >= 0.3 is 5.97 Å². The molecule has 0 amide bonds. The SMILES string of the molecule is CC(=O)c1sc(C(=O)OCc2ccccc2)cc1C. The molecule has 19 heavy (non-hydrogen) atoms. The van der Waals surface area contributed by atoms with Crippen LogP contribution in [0.25, 0.3) is 0 Å². The minimum atomic E-state index is -0.385. The minimum absolute atomic E-state index is 0.0235. The van der Waals surface area contributed by atoms with Crippen molar-refractivity contribution in [3.05, 3.63) is 57.3 Å². The minimum Gasteiger partial charge on any atom is -0.457 e. The van der Waals surface area contributed by atoms with Crippen molar-refractivity contribution < 1.29 is 14.3 Å². The van der Waals surface area contributed by atoms with E-state index in [1.54, 1.807) is 6.07 Å². The first-order valence-electron chi connectivity index (χ1n) is 5.90. The number of thiophene rings is 1. The van der Waals surface area contributed by atoms with Gasteiger partial charge in [0.05, 0.1) is 4.88 Å². The Morgan fingerprint density at radius 2 is 1.89 bits per heavy atom. The van der Waals surface area contributed by atoms with Crippen LogP contribution in [0.1, 0.15) is 37.4 Å². The zero-order valence-corrected chi connectivity index (χ0v) is 11.6. The predicted molar refractivity (Wildman–Crippen MR) is 74.6 cm³/mol. The molecule has 0 aliphatic rings. The van der Waals surface area contributed by atoms with Crippen molar-refractivity contribution in [2.45, 2.75) is 20.5 Å². The molecular formula is C15H14O3S. The van der Waals surface area contributed by atoms with Crippen LogP contribution in [0.5, 0.6) is 0 Å². The molecule has 4 heteroatoms. The normalized spacial score (nSPS) is 10.2. The fraction of sp³-hybridized carbons (Fsp3) is 0.200. The fourth-order valence-electron chi connectivity index (χ4n) is 1.73. The number of carbonyl (C=O) groups is 2. The van der Waals surface area contributed by atoms with E-state index < -0.39 is 0 Å². The largest absolute Gasteiger partial charge is 0.457 e. The number of rotatable bonds is 4. The first kappa shape index (κ1) is 13.5. The summed E-state index contributed by atoms with van der Waals surface area (Å²) in [7, 11) is 0. The van der Waals surface area contributed by atoms with Crippen molar-refractivity contribution in [3.8, 4) is 0 Å².